The quantitative estimate of drug-likeness (QED) is 0.717. The number of ether oxygens (including phenoxy) is 2. The lowest BCUT2D eigenvalue weighted by Gasteiger charge is -2.24. The lowest BCUT2D eigenvalue weighted by Crippen LogP contribution is -2.42. The van der Waals surface area contributed by atoms with Crippen molar-refractivity contribution in [2.45, 2.75) is 26.1 Å². The highest BCUT2D eigenvalue weighted by molar-refractivity contribution is 5.78. The third-order valence-corrected chi connectivity index (χ3v) is 1.74. The van der Waals surface area contributed by atoms with Gasteiger partial charge in [0.05, 0.1) is 7.11 Å². The summed E-state index contributed by atoms with van der Waals surface area (Å²) >= 11 is 0. The smallest absolute Gasteiger partial charge is 0.422 e. The molecule has 0 N–H and O–H groups in total. The largest absolute Gasteiger partial charge is 0.468 e. The van der Waals surface area contributed by atoms with Crippen LogP contribution in [0.2, 0.25) is 0 Å². The van der Waals surface area contributed by atoms with Gasteiger partial charge in [0.15, 0.2) is 6.61 Å². The molecular weight excluding hydrogens is 243 g/mol. The van der Waals surface area contributed by atoms with E-state index < -0.39 is 37.4 Å². The molecule has 0 unspecified atom stereocenters. The van der Waals surface area contributed by atoms with E-state index in [0.717, 1.165) is 12.0 Å². The van der Waals surface area contributed by atoms with Gasteiger partial charge in [0.2, 0.25) is 0 Å². The number of halogens is 3. The molecule has 0 rings (SSSR count). The Bertz CT molecular complexity index is 278. The fourth-order valence-corrected chi connectivity index (χ4v) is 0.888. The average Bonchev–Trinajstić information content (AvgIpc) is 2.20. The Labute approximate surface area is 96.5 Å². The first-order valence-electron chi connectivity index (χ1n) is 4.74. The SMILES string of the molecule is COC(=O)CN(C(=O)OCC(F)(F)F)C(C)C. The second-order valence-electron chi connectivity index (χ2n) is 3.47. The predicted octanol–water partition coefficient (Wildman–Crippen LogP) is 1.57. The number of hydrogen-bond acceptors (Lipinski definition) is 4. The Morgan fingerprint density at radius 2 is 1.82 bits per heavy atom. The number of hydrogen-bond donors (Lipinski definition) is 0. The highest BCUT2D eigenvalue weighted by atomic mass is 19.4. The Morgan fingerprint density at radius 3 is 2.18 bits per heavy atom. The molecule has 0 aliphatic carbocycles. The van der Waals surface area contributed by atoms with Gasteiger partial charge < -0.3 is 9.47 Å². The molecule has 0 bridgehead atoms. The van der Waals surface area contributed by atoms with Crippen molar-refractivity contribution in [3.63, 3.8) is 0 Å². The van der Waals surface area contributed by atoms with Crippen LogP contribution in [0.1, 0.15) is 13.8 Å². The van der Waals surface area contributed by atoms with Gasteiger partial charge in [0.25, 0.3) is 0 Å². The fourth-order valence-electron chi connectivity index (χ4n) is 0.888. The van der Waals surface area contributed by atoms with Crippen LogP contribution in [0.4, 0.5) is 18.0 Å². The second kappa shape index (κ2) is 6.31. The normalized spacial score (nSPS) is 11.2. The summed E-state index contributed by atoms with van der Waals surface area (Å²) in [5.41, 5.74) is 0. The molecule has 0 aromatic heterocycles. The predicted molar refractivity (Wildman–Crippen MR) is 51.3 cm³/mol. The molecule has 0 spiro atoms. The lowest BCUT2D eigenvalue weighted by molar-refractivity contribution is -0.163. The number of carbonyl (C=O) groups is 2. The van der Waals surface area contributed by atoms with Gasteiger partial charge in [0, 0.05) is 6.04 Å². The minimum atomic E-state index is -4.59. The number of carbonyl (C=O) groups excluding carboxylic acids is 2. The zero-order chi connectivity index (χ0) is 13.6. The fraction of sp³-hybridized carbons (Fsp3) is 0.778. The number of esters is 1. The minimum Gasteiger partial charge on any atom is -0.468 e. The van der Waals surface area contributed by atoms with Crippen molar-refractivity contribution in [3.05, 3.63) is 0 Å². The summed E-state index contributed by atoms with van der Waals surface area (Å²) in [4.78, 5) is 23.1. The Morgan fingerprint density at radius 1 is 1.29 bits per heavy atom. The first-order chi connectivity index (χ1) is 7.67. The van der Waals surface area contributed by atoms with Gasteiger partial charge in [-0.15, -0.1) is 0 Å². The van der Waals surface area contributed by atoms with E-state index in [1.807, 2.05) is 0 Å². The number of alkyl halides is 3. The molecule has 0 atom stereocenters. The van der Waals surface area contributed by atoms with Crippen LogP contribution in [-0.2, 0) is 14.3 Å². The first-order valence-corrected chi connectivity index (χ1v) is 4.74. The van der Waals surface area contributed by atoms with E-state index in [1.165, 1.54) is 13.8 Å². The maximum Gasteiger partial charge on any atom is 0.422 e. The van der Waals surface area contributed by atoms with E-state index in [0.29, 0.717) is 0 Å². The summed E-state index contributed by atoms with van der Waals surface area (Å²) in [6.07, 6.45) is -5.80. The van der Waals surface area contributed by atoms with Crippen LogP contribution in [0, 0.1) is 0 Å². The van der Waals surface area contributed by atoms with Crippen molar-refractivity contribution in [1.29, 1.82) is 0 Å². The topological polar surface area (TPSA) is 55.8 Å². The van der Waals surface area contributed by atoms with E-state index in [1.54, 1.807) is 0 Å². The summed E-state index contributed by atoms with van der Waals surface area (Å²) < 4.78 is 43.8. The van der Waals surface area contributed by atoms with E-state index >= 15 is 0 Å². The molecule has 8 heteroatoms. The van der Waals surface area contributed by atoms with Gasteiger partial charge in [-0.05, 0) is 13.8 Å². The maximum atomic E-state index is 11.8. The van der Waals surface area contributed by atoms with Crippen LogP contribution < -0.4 is 0 Å². The highest BCUT2D eigenvalue weighted by Gasteiger charge is 2.31. The van der Waals surface area contributed by atoms with E-state index in [9.17, 15) is 22.8 Å². The van der Waals surface area contributed by atoms with Crippen LogP contribution in [0.3, 0.4) is 0 Å². The molecule has 0 saturated carbocycles. The average molecular weight is 257 g/mol. The van der Waals surface area contributed by atoms with Crippen molar-refractivity contribution >= 4 is 12.1 Å². The molecule has 0 radical (unpaired) electrons. The number of methoxy groups -OCH3 is 1. The van der Waals surface area contributed by atoms with Gasteiger partial charge >= 0.3 is 18.2 Å². The van der Waals surface area contributed by atoms with Crippen LogP contribution in [0.15, 0.2) is 0 Å². The summed E-state index contributed by atoms with van der Waals surface area (Å²) in [6.45, 7) is 0.941. The van der Waals surface area contributed by atoms with E-state index in [4.69, 9.17) is 0 Å². The number of nitrogens with zero attached hydrogens (tertiary/aromatic N) is 1. The molecule has 0 aliphatic rings. The first kappa shape index (κ1) is 15.5. The molecule has 100 valence electrons. The molecule has 5 nitrogen and oxygen atoms in total. The standard InChI is InChI=1S/C9H14F3NO4/c1-6(2)13(4-7(14)16-3)8(15)17-5-9(10,11)12/h6H,4-5H2,1-3H3. The van der Waals surface area contributed by atoms with Crippen molar-refractivity contribution in [2.75, 3.05) is 20.3 Å². The molecule has 0 aromatic rings. The van der Waals surface area contributed by atoms with Crippen LogP contribution in [0.25, 0.3) is 0 Å². The molecule has 0 saturated heterocycles. The monoisotopic (exact) mass is 257 g/mol. The van der Waals surface area contributed by atoms with Gasteiger partial charge in [0.1, 0.15) is 6.54 Å². The summed E-state index contributed by atoms with van der Waals surface area (Å²) in [5.74, 6) is -0.734. The minimum absolute atomic E-state index is 0.454. The van der Waals surface area contributed by atoms with Gasteiger partial charge in [-0.3, -0.25) is 9.69 Å². The second-order valence-corrected chi connectivity index (χ2v) is 3.47. The van der Waals surface area contributed by atoms with Gasteiger partial charge in [-0.1, -0.05) is 0 Å². The molecule has 0 heterocycles. The molecular formula is C9H14F3NO4. The Hall–Kier alpha value is -1.47. The van der Waals surface area contributed by atoms with E-state index in [2.05, 4.69) is 9.47 Å². The van der Waals surface area contributed by atoms with Crippen molar-refractivity contribution in [2.24, 2.45) is 0 Å². The molecule has 0 aliphatic heterocycles. The Kier molecular flexibility index (Phi) is 5.77. The molecule has 0 fully saturated rings. The molecule has 1 amide bonds. The molecule has 17 heavy (non-hydrogen) atoms. The van der Waals surface area contributed by atoms with E-state index in [-0.39, 0.29) is 0 Å². The Balaban J connectivity index is 4.40. The zero-order valence-electron chi connectivity index (χ0n) is 9.71. The lowest BCUT2D eigenvalue weighted by atomic mass is 10.3. The van der Waals surface area contributed by atoms with Crippen molar-refractivity contribution in [3.8, 4) is 0 Å². The number of rotatable bonds is 4. The molecule has 0 aromatic carbocycles. The van der Waals surface area contributed by atoms with Crippen LogP contribution >= 0.6 is 0 Å². The third kappa shape index (κ3) is 6.64. The van der Waals surface area contributed by atoms with Crippen LogP contribution in [0.5, 0.6) is 0 Å². The summed E-state index contributed by atoms with van der Waals surface area (Å²) in [7, 11) is 1.11. The third-order valence-electron chi connectivity index (χ3n) is 1.74. The highest BCUT2D eigenvalue weighted by Crippen LogP contribution is 2.15. The van der Waals surface area contributed by atoms with Crippen molar-refractivity contribution in [1.82, 2.24) is 4.90 Å². The van der Waals surface area contributed by atoms with Crippen molar-refractivity contribution < 1.29 is 32.2 Å². The van der Waals surface area contributed by atoms with Gasteiger partial charge in [-0.2, -0.15) is 13.2 Å². The summed E-state index contributed by atoms with van der Waals surface area (Å²) in [5, 5.41) is 0. The maximum absolute atomic E-state index is 11.8. The van der Waals surface area contributed by atoms with Gasteiger partial charge in [-0.25, -0.2) is 4.79 Å². The number of amides is 1. The van der Waals surface area contributed by atoms with Crippen LogP contribution in [-0.4, -0.2) is 49.4 Å². The zero-order valence-corrected chi connectivity index (χ0v) is 9.71. The summed E-state index contributed by atoms with van der Waals surface area (Å²) in [6, 6.07) is -0.477.